The van der Waals surface area contributed by atoms with Gasteiger partial charge in [0.15, 0.2) is 18.1 Å². The molecule has 0 aliphatic heterocycles. The van der Waals surface area contributed by atoms with Crippen molar-refractivity contribution in [3.8, 4) is 40.0 Å². The zero-order valence-electron chi connectivity index (χ0n) is 19.7. The summed E-state index contributed by atoms with van der Waals surface area (Å²) in [5, 5.41) is 16.4. The Bertz CT molecular complexity index is 1410. The Morgan fingerprint density at radius 1 is 0.972 bits per heavy atom. The summed E-state index contributed by atoms with van der Waals surface area (Å²) in [5.41, 5.74) is 3.11. The lowest BCUT2D eigenvalue weighted by molar-refractivity contribution is -0.120. The van der Waals surface area contributed by atoms with Gasteiger partial charge in [-0.25, -0.2) is 0 Å². The van der Waals surface area contributed by atoms with Gasteiger partial charge in [-0.15, -0.1) is 0 Å². The molecule has 8 nitrogen and oxygen atoms in total. The van der Waals surface area contributed by atoms with Crippen LogP contribution in [0.2, 0.25) is 0 Å². The maximum atomic E-state index is 12.6. The van der Waals surface area contributed by atoms with Gasteiger partial charge in [-0.2, -0.15) is 5.26 Å². The Morgan fingerprint density at radius 3 is 2.28 bits per heavy atom. The number of hydrogen-bond acceptors (Lipinski definition) is 7. The lowest BCUT2D eigenvalue weighted by atomic mass is 9.98. The molecule has 180 valence electrons. The average molecular weight is 482 g/mol. The van der Waals surface area contributed by atoms with Crippen LogP contribution >= 0.6 is 0 Å². The number of nitriles is 1. The number of amides is 1. The monoisotopic (exact) mass is 481 g/mol. The first-order chi connectivity index (χ1) is 17.6. The Balaban J connectivity index is 1.51. The first-order valence-electron chi connectivity index (χ1n) is 11.0. The van der Waals surface area contributed by atoms with Crippen LogP contribution in [0.4, 0.5) is 5.88 Å². The number of ether oxygens (including phenoxy) is 2. The number of hydrogen-bond donors (Lipinski definition) is 1. The number of methoxy groups -OCH3 is 2. The minimum atomic E-state index is -0.524. The van der Waals surface area contributed by atoms with Crippen molar-refractivity contribution in [1.82, 2.24) is 0 Å². The predicted molar refractivity (Wildman–Crippen MR) is 136 cm³/mol. The molecule has 0 unspecified atom stereocenters. The molecule has 0 spiro atoms. The lowest BCUT2D eigenvalue weighted by Crippen LogP contribution is -2.17. The number of benzene rings is 3. The van der Waals surface area contributed by atoms with E-state index in [-0.39, 0.29) is 18.1 Å². The van der Waals surface area contributed by atoms with Crippen LogP contribution in [0, 0.1) is 11.3 Å². The van der Waals surface area contributed by atoms with E-state index in [4.69, 9.17) is 18.7 Å². The van der Waals surface area contributed by atoms with Gasteiger partial charge >= 0.3 is 0 Å². The maximum Gasteiger partial charge on any atom is 0.267 e. The molecule has 4 rings (SSSR count). The third-order valence-electron chi connectivity index (χ3n) is 5.25. The molecule has 1 heterocycles. The van der Waals surface area contributed by atoms with Crippen LogP contribution in [-0.2, 0) is 9.63 Å². The molecule has 1 N–H and O–H groups in total. The molecule has 1 amide bonds. The van der Waals surface area contributed by atoms with E-state index < -0.39 is 5.91 Å². The van der Waals surface area contributed by atoms with Gasteiger partial charge in [-0.1, -0.05) is 65.8 Å². The number of furan rings is 1. The summed E-state index contributed by atoms with van der Waals surface area (Å²) in [6.07, 6.45) is 1.45. The van der Waals surface area contributed by atoms with Crippen molar-refractivity contribution in [1.29, 1.82) is 5.26 Å². The molecule has 1 aromatic heterocycles. The summed E-state index contributed by atoms with van der Waals surface area (Å²) < 4.78 is 16.5. The molecule has 3 aromatic carbocycles. The van der Waals surface area contributed by atoms with E-state index in [1.165, 1.54) is 13.3 Å². The fourth-order valence-electron chi connectivity index (χ4n) is 3.59. The Morgan fingerprint density at radius 2 is 1.64 bits per heavy atom. The lowest BCUT2D eigenvalue weighted by Gasteiger charge is -2.07. The second-order valence-electron chi connectivity index (χ2n) is 7.52. The summed E-state index contributed by atoms with van der Waals surface area (Å²) in [7, 11) is 3.09. The summed E-state index contributed by atoms with van der Waals surface area (Å²) in [4.78, 5) is 17.7. The molecule has 8 heteroatoms. The number of anilines is 1. The molecular formula is C28H23N3O5. The average Bonchev–Trinajstić information content (AvgIpc) is 3.29. The number of nitrogens with zero attached hydrogens (tertiary/aromatic N) is 2. The number of rotatable bonds is 9. The van der Waals surface area contributed by atoms with Gasteiger partial charge in [-0.05, 0) is 23.8 Å². The molecule has 4 aromatic rings. The van der Waals surface area contributed by atoms with Crippen molar-refractivity contribution >= 4 is 18.0 Å². The van der Waals surface area contributed by atoms with Crippen LogP contribution in [0.25, 0.3) is 22.5 Å². The van der Waals surface area contributed by atoms with E-state index in [0.29, 0.717) is 28.4 Å². The summed E-state index contributed by atoms with van der Waals surface area (Å²) in [5.74, 6) is 1.15. The third kappa shape index (κ3) is 5.37. The SMILES string of the molecule is COc1ccc(/C=N/OCC(=O)Nc2oc(-c3ccccc3)c(-c3ccccc3)c2C#N)cc1OC. The highest BCUT2D eigenvalue weighted by Crippen LogP contribution is 2.41. The number of carbonyl (C=O) groups is 1. The Kier molecular flexibility index (Phi) is 7.63. The van der Waals surface area contributed by atoms with E-state index in [9.17, 15) is 10.1 Å². The van der Waals surface area contributed by atoms with E-state index in [1.54, 1.807) is 25.3 Å². The molecule has 0 bridgehead atoms. The summed E-state index contributed by atoms with van der Waals surface area (Å²) >= 11 is 0. The van der Waals surface area contributed by atoms with Gasteiger partial charge in [-0.3, -0.25) is 10.1 Å². The van der Waals surface area contributed by atoms with Gasteiger partial charge in [0.05, 0.1) is 20.4 Å². The van der Waals surface area contributed by atoms with Crippen molar-refractivity contribution < 1.29 is 23.5 Å². The standard InChI is InChI=1S/C28H23N3O5/c1-33-23-14-13-19(15-24(23)34-2)17-30-35-18-25(32)31-28-22(16-29)26(20-9-5-3-6-10-20)27(36-28)21-11-7-4-8-12-21/h3-15,17H,18H2,1-2H3,(H,31,32)/b30-17+. The highest BCUT2D eigenvalue weighted by molar-refractivity contribution is 5.96. The normalized spacial score (nSPS) is 10.6. The second kappa shape index (κ2) is 11.4. The second-order valence-corrected chi connectivity index (χ2v) is 7.52. The molecule has 0 aliphatic carbocycles. The molecular weight excluding hydrogens is 458 g/mol. The van der Waals surface area contributed by atoms with Crippen molar-refractivity contribution in [3.05, 3.63) is 90.0 Å². The van der Waals surface area contributed by atoms with Crippen LogP contribution in [0.15, 0.2) is 88.4 Å². The van der Waals surface area contributed by atoms with E-state index in [2.05, 4.69) is 16.5 Å². The summed E-state index contributed by atoms with van der Waals surface area (Å²) in [6, 6.07) is 26.2. The van der Waals surface area contributed by atoms with Crippen molar-refractivity contribution in [2.24, 2.45) is 5.16 Å². The van der Waals surface area contributed by atoms with E-state index in [1.807, 2.05) is 60.7 Å². The molecule has 0 fully saturated rings. The van der Waals surface area contributed by atoms with Crippen LogP contribution in [0.3, 0.4) is 0 Å². The smallest absolute Gasteiger partial charge is 0.267 e. The molecule has 0 radical (unpaired) electrons. The number of carbonyl (C=O) groups excluding carboxylic acids is 1. The largest absolute Gasteiger partial charge is 0.493 e. The van der Waals surface area contributed by atoms with Crippen molar-refractivity contribution in [3.63, 3.8) is 0 Å². The topological polar surface area (TPSA) is 106 Å². The molecule has 0 atom stereocenters. The van der Waals surface area contributed by atoms with Crippen LogP contribution in [0.1, 0.15) is 11.1 Å². The van der Waals surface area contributed by atoms with E-state index in [0.717, 1.165) is 11.1 Å². The highest BCUT2D eigenvalue weighted by atomic mass is 16.6. The first kappa shape index (κ1) is 24.1. The summed E-state index contributed by atoms with van der Waals surface area (Å²) in [6.45, 7) is -0.378. The van der Waals surface area contributed by atoms with E-state index >= 15 is 0 Å². The fraction of sp³-hybridized carbons (Fsp3) is 0.107. The number of oxime groups is 1. The molecule has 0 aliphatic rings. The molecule has 36 heavy (non-hydrogen) atoms. The minimum Gasteiger partial charge on any atom is -0.493 e. The Labute approximate surface area is 208 Å². The zero-order chi connectivity index (χ0) is 25.3. The van der Waals surface area contributed by atoms with Gasteiger partial charge < -0.3 is 18.7 Å². The van der Waals surface area contributed by atoms with Crippen LogP contribution < -0.4 is 14.8 Å². The molecule has 0 saturated carbocycles. The van der Waals surface area contributed by atoms with Crippen molar-refractivity contribution in [2.45, 2.75) is 0 Å². The van der Waals surface area contributed by atoms with Crippen LogP contribution in [-0.4, -0.2) is 32.9 Å². The first-order valence-corrected chi connectivity index (χ1v) is 11.0. The fourth-order valence-corrected chi connectivity index (χ4v) is 3.59. The number of nitrogens with one attached hydrogen (secondary N) is 1. The van der Waals surface area contributed by atoms with Gasteiger partial charge in [0.25, 0.3) is 5.91 Å². The van der Waals surface area contributed by atoms with Gasteiger partial charge in [0.1, 0.15) is 17.4 Å². The quantitative estimate of drug-likeness (QED) is 0.250. The Hall–Kier alpha value is -5.03. The van der Waals surface area contributed by atoms with Crippen LogP contribution in [0.5, 0.6) is 11.5 Å². The third-order valence-corrected chi connectivity index (χ3v) is 5.25. The van der Waals surface area contributed by atoms with Crippen molar-refractivity contribution in [2.75, 3.05) is 26.1 Å². The maximum absolute atomic E-state index is 12.6. The predicted octanol–water partition coefficient (Wildman–Crippen LogP) is 5.49. The van der Waals surface area contributed by atoms with Gasteiger partial charge in [0, 0.05) is 16.7 Å². The molecule has 0 saturated heterocycles. The van der Waals surface area contributed by atoms with Gasteiger partial charge in [0.2, 0.25) is 5.88 Å². The minimum absolute atomic E-state index is 0.0488. The highest BCUT2D eigenvalue weighted by Gasteiger charge is 2.24. The zero-order valence-corrected chi connectivity index (χ0v) is 19.7.